The van der Waals surface area contributed by atoms with Gasteiger partial charge in [-0.2, -0.15) is 0 Å². The van der Waals surface area contributed by atoms with Crippen molar-refractivity contribution in [2.24, 2.45) is 4.99 Å². The molecule has 0 aliphatic carbocycles. The number of nitrogens with zero attached hydrogens (tertiary/aromatic N) is 2. The maximum Gasteiger partial charge on any atom is 0.338 e. The first-order valence-corrected chi connectivity index (χ1v) is 16.2. The Labute approximate surface area is 280 Å². The highest BCUT2D eigenvalue weighted by molar-refractivity contribution is 7.07. The molecule has 0 unspecified atom stereocenters. The number of rotatable bonds is 10. The maximum absolute atomic E-state index is 14.2. The fourth-order valence-electron chi connectivity index (χ4n) is 5.45. The second kappa shape index (κ2) is 13.5. The van der Waals surface area contributed by atoms with Crippen LogP contribution in [-0.4, -0.2) is 37.1 Å². The van der Waals surface area contributed by atoms with Gasteiger partial charge in [-0.1, -0.05) is 47.2 Å². The quantitative estimate of drug-likeness (QED) is 0.201. The van der Waals surface area contributed by atoms with E-state index in [1.807, 2.05) is 56.3 Å². The summed E-state index contributed by atoms with van der Waals surface area (Å²) in [5.74, 6) is 2.12. The summed E-state index contributed by atoms with van der Waals surface area (Å²) in [5.41, 5.74) is 2.55. The van der Waals surface area contributed by atoms with Gasteiger partial charge in [-0.15, -0.1) is 0 Å². The smallest absolute Gasteiger partial charge is 0.338 e. The molecule has 0 bridgehead atoms. The third-order valence-corrected chi connectivity index (χ3v) is 8.73. The minimum absolute atomic E-state index is 0.133. The van der Waals surface area contributed by atoms with E-state index in [1.54, 1.807) is 32.1 Å². The van der Waals surface area contributed by atoms with Gasteiger partial charge in [0.25, 0.3) is 5.56 Å². The molecule has 10 nitrogen and oxygen atoms in total. The van der Waals surface area contributed by atoms with Gasteiger partial charge in [0.1, 0.15) is 18.4 Å². The van der Waals surface area contributed by atoms with Crippen LogP contribution in [0, 0.1) is 0 Å². The normalized spacial score (nSPS) is 15.4. The zero-order valence-corrected chi connectivity index (χ0v) is 28.1. The van der Waals surface area contributed by atoms with Crippen molar-refractivity contribution >= 4 is 35.0 Å². The predicted molar refractivity (Wildman–Crippen MR) is 178 cm³/mol. The molecule has 2 aliphatic rings. The van der Waals surface area contributed by atoms with Gasteiger partial charge < -0.3 is 28.4 Å². The first-order valence-electron chi connectivity index (χ1n) is 15.0. The van der Waals surface area contributed by atoms with Gasteiger partial charge in [-0.3, -0.25) is 9.36 Å². The summed E-state index contributed by atoms with van der Waals surface area (Å²) in [6, 6.07) is 15.6. The highest BCUT2D eigenvalue weighted by Gasteiger charge is 2.35. The van der Waals surface area contributed by atoms with Crippen LogP contribution in [0.25, 0.3) is 6.08 Å². The van der Waals surface area contributed by atoms with E-state index in [4.69, 9.17) is 40.0 Å². The van der Waals surface area contributed by atoms with Gasteiger partial charge in [0.05, 0.1) is 40.6 Å². The van der Waals surface area contributed by atoms with Crippen LogP contribution in [0.1, 0.15) is 50.4 Å². The van der Waals surface area contributed by atoms with Crippen LogP contribution < -0.4 is 38.6 Å². The number of methoxy groups -OCH3 is 1. The number of carbonyl (C=O) groups excluding carboxylic acids is 1. The molecule has 1 aromatic heterocycles. The van der Waals surface area contributed by atoms with Gasteiger partial charge in [0, 0.05) is 5.56 Å². The third kappa shape index (κ3) is 6.45. The van der Waals surface area contributed by atoms with Crippen molar-refractivity contribution in [1.29, 1.82) is 0 Å². The van der Waals surface area contributed by atoms with E-state index >= 15 is 0 Å². The summed E-state index contributed by atoms with van der Waals surface area (Å²) in [5, 5.41) is 0.308. The van der Waals surface area contributed by atoms with Gasteiger partial charge in [0.15, 0.2) is 27.8 Å². The van der Waals surface area contributed by atoms with Gasteiger partial charge in [0.2, 0.25) is 6.79 Å². The summed E-state index contributed by atoms with van der Waals surface area (Å²) in [4.78, 5) is 32.6. The fourth-order valence-corrected chi connectivity index (χ4v) is 6.77. The van der Waals surface area contributed by atoms with E-state index in [-0.39, 0.29) is 37.2 Å². The Hall–Kier alpha value is -4.74. The zero-order valence-electron chi connectivity index (χ0n) is 26.5. The van der Waals surface area contributed by atoms with Crippen LogP contribution in [0.3, 0.4) is 0 Å². The molecule has 0 spiro atoms. The molecule has 47 heavy (non-hydrogen) atoms. The van der Waals surface area contributed by atoms with Gasteiger partial charge >= 0.3 is 5.97 Å². The van der Waals surface area contributed by atoms with E-state index in [1.165, 1.54) is 23.0 Å². The first-order chi connectivity index (χ1) is 22.7. The molecule has 0 amide bonds. The Morgan fingerprint density at radius 2 is 1.91 bits per heavy atom. The number of halogens is 1. The highest BCUT2D eigenvalue weighted by atomic mass is 35.5. The van der Waals surface area contributed by atoms with Crippen LogP contribution >= 0.6 is 22.9 Å². The van der Waals surface area contributed by atoms with E-state index in [9.17, 15) is 9.59 Å². The molecule has 3 aromatic carbocycles. The van der Waals surface area contributed by atoms with Crippen LogP contribution in [0.15, 0.2) is 75.7 Å². The zero-order chi connectivity index (χ0) is 33.2. The number of para-hydroxylation sites is 1. The SMILES string of the molecule is CCOC(=O)C1=C(C)N=c2s/c(=C/c3cc(Cl)c(OCc4ccc5c(c4)OCO5)c(OC)c3)c(=O)n2[C@H]1c1ccccc1OC(C)C. The van der Waals surface area contributed by atoms with Gasteiger partial charge in [-0.25, -0.2) is 9.79 Å². The Morgan fingerprint density at radius 1 is 1.13 bits per heavy atom. The Morgan fingerprint density at radius 3 is 2.68 bits per heavy atom. The average molecular weight is 677 g/mol. The van der Waals surface area contributed by atoms with Crippen LogP contribution in [0.5, 0.6) is 28.7 Å². The number of hydrogen-bond donors (Lipinski definition) is 0. The molecule has 0 radical (unpaired) electrons. The molecule has 0 fully saturated rings. The van der Waals surface area contributed by atoms with E-state index in [0.29, 0.717) is 59.9 Å². The number of allylic oxidation sites excluding steroid dienone is 1. The first kappa shape index (κ1) is 32.2. The topological polar surface area (TPSA) is 107 Å². The lowest BCUT2D eigenvalue weighted by Crippen LogP contribution is -2.40. The lowest BCUT2D eigenvalue weighted by Gasteiger charge is -2.26. The summed E-state index contributed by atoms with van der Waals surface area (Å²) >= 11 is 7.92. The fraction of sp³-hybridized carbons (Fsp3) is 0.286. The molecule has 1 atom stereocenters. The lowest BCUT2D eigenvalue weighted by molar-refractivity contribution is -0.139. The van der Waals surface area contributed by atoms with Crippen molar-refractivity contribution in [2.45, 2.75) is 46.4 Å². The Bertz CT molecular complexity index is 2070. The minimum atomic E-state index is -0.813. The second-order valence-corrected chi connectivity index (χ2v) is 12.4. The molecule has 2 aliphatic heterocycles. The van der Waals surface area contributed by atoms with Crippen molar-refractivity contribution in [3.8, 4) is 28.7 Å². The molecule has 244 valence electrons. The van der Waals surface area contributed by atoms with Crippen molar-refractivity contribution in [1.82, 2.24) is 4.57 Å². The van der Waals surface area contributed by atoms with Crippen LogP contribution in [0.2, 0.25) is 5.02 Å². The number of benzene rings is 3. The molecular formula is C35H33ClN2O8S. The molecule has 12 heteroatoms. The maximum atomic E-state index is 14.2. The second-order valence-electron chi connectivity index (χ2n) is 11.0. The van der Waals surface area contributed by atoms with Crippen molar-refractivity contribution in [3.05, 3.63) is 107 Å². The molecule has 4 aromatic rings. The molecular weight excluding hydrogens is 644 g/mol. The third-order valence-electron chi connectivity index (χ3n) is 7.46. The van der Waals surface area contributed by atoms with Crippen molar-refractivity contribution in [3.63, 3.8) is 0 Å². The van der Waals surface area contributed by atoms with Crippen LogP contribution in [0.4, 0.5) is 0 Å². The number of ether oxygens (including phenoxy) is 6. The van der Waals surface area contributed by atoms with E-state index in [0.717, 1.165) is 5.56 Å². The number of aromatic nitrogens is 1. The Kier molecular flexibility index (Phi) is 9.28. The Balaban J connectivity index is 1.40. The monoisotopic (exact) mass is 676 g/mol. The number of hydrogen-bond acceptors (Lipinski definition) is 10. The predicted octanol–water partition coefficient (Wildman–Crippen LogP) is 5.56. The molecule has 0 saturated carbocycles. The minimum Gasteiger partial charge on any atom is -0.493 e. The molecule has 3 heterocycles. The highest BCUT2D eigenvalue weighted by Crippen LogP contribution is 2.39. The number of fused-ring (bicyclic) bond motifs is 2. The van der Waals surface area contributed by atoms with Gasteiger partial charge in [-0.05, 0) is 75.2 Å². The summed E-state index contributed by atoms with van der Waals surface area (Å²) in [6.07, 6.45) is 1.59. The molecule has 0 saturated heterocycles. The number of esters is 1. The summed E-state index contributed by atoms with van der Waals surface area (Å²) in [7, 11) is 1.52. The number of carbonyl (C=O) groups is 1. The van der Waals surface area contributed by atoms with Crippen molar-refractivity contribution in [2.75, 3.05) is 20.5 Å². The largest absolute Gasteiger partial charge is 0.493 e. The molecule has 0 N–H and O–H groups in total. The van der Waals surface area contributed by atoms with E-state index in [2.05, 4.69) is 4.99 Å². The standard InChI is InChI=1S/C35H33ClN2O8S/c1-6-42-34(40)30-20(4)37-35-38(31(30)23-9-7-8-10-25(23)46-19(2)3)33(39)29(47-35)16-22-13-24(36)32(28(15-22)41-5)43-17-21-11-12-26-27(14-21)45-18-44-26/h7-16,19,31H,6,17-18H2,1-5H3/b29-16+/t31-/m0/s1. The average Bonchev–Trinajstić information content (AvgIpc) is 3.63. The number of thiazole rings is 1. The lowest BCUT2D eigenvalue weighted by atomic mass is 9.95. The summed E-state index contributed by atoms with van der Waals surface area (Å²) in [6.45, 7) is 7.90. The van der Waals surface area contributed by atoms with Crippen LogP contribution in [-0.2, 0) is 16.1 Å². The van der Waals surface area contributed by atoms with E-state index < -0.39 is 12.0 Å². The van der Waals surface area contributed by atoms with Crippen molar-refractivity contribution < 1.29 is 33.2 Å². The molecule has 6 rings (SSSR count). The summed E-state index contributed by atoms with van der Waals surface area (Å²) < 4.78 is 36.0.